The lowest BCUT2D eigenvalue weighted by molar-refractivity contribution is -0.135. The van der Waals surface area contributed by atoms with Crippen molar-refractivity contribution in [1.82, 2.24) is 48.6 Å². The van der Waals surface area contributed by atoms with Gasteiger partial charge >= 0.3 is 5.69 Å². The van der Waals surface area contributed by atoms with Crippen LogP contribution in [0.4, 0.5) is 11.4 Å². The average Bonchev–Trinajstić information content (AvgIpc) is 3.98. The molecule has 4 aliphatic rings. The zero-order valence-electron chi connectivity index (χ0n) is 35.4. The first-order chi connectivity index (χ1) is 30.2. The van der Waals surface area contributed by atoms with Crippen LogP contribution in [0.1, 0.15) is 79.4 Å². The normalized spacial score (nSPS) is 22.0. The highest BCUT2D eigenvalue weighted by Crippen LogP contribution is 2.37. The van der Waals surface area contributed by atoms with Crippen LogP contribution in [0, 0.1) is 5.92 Å². The van der Waals surface area contributed by atoms with E-state index in [0.717, 1.165) is 117 Å². The number of nitrogens with zero attached hydrogens (tertiary/aromatic N) is 10. The molecule has 0 spiro atoms. The van der Waals surface area contributed by atoms with Gasteiger partial charge in [-0.15, -0.1) is 0 Å². The van der Waals surface area contributed by atoms with E-state index >= 15 is 0 Å². The van der Waals surface area contributed by atoms with Crippen LogP contribution >= 0.6 is 0 Å². The fourth-order valence-electron chi connectivity index (χ4n) is 10.4. The zero-order valence-corrected chi connectivity index (χ0v) is 35.4. The molecule has 10 rings (SSSR count). The van der Waals surface area contributed by atoms with Gasteiger partial charge in [-0.1, -0.05) is 12.1 Å². The Morgan fingerprint density at radius 1 is 0.984 bits per heavy atom. The van der Waals surface area contributed by atoms with Crippen LogP contribution in [0.3, 0.4) is 0 Å². The van der Waals surface area contributed by atoms with Gasteiger partial charge in [-0.3, -0.25) is 38.4 Å². The fourth-order valence-corrected chi connectivity index (χ4v) is 10.4. The van der Waals surface area contributed by atoms with Crippen LogP contribution in [-0.4, -0.2) is 120 Å². The lowest BCUT2D eigenvalue weighted by Crippen LogP contribution is -2.44. The number of aromatic nitrogens is 7. The van der Waals surface area contributed by atoms with Gasteiger partial charge in [-0.05, 0) is 101 Å². The van der Waals surface area contributed by atoms with E-state index in [0.29, 0.717) is 48.8 Å². The standard InChI is InChI=1S/C45H54N12O5/c1-51(32-13-17-53(18-14-32)27-30-5-3-6-37-41(30)52(2)45(61)57(37)38-11-12-40(58)49-44(38)60)26-29-7-9-33(10-8-29)56-28-31-23-36(39(24-35(31)50-56)54-19-21-62-22-20-54)48-43(59)34-25-47-55-16-4-15-46-42(34)55/h3-6,15-16,23-25,28-29,32-33,38H,7-14,17-22,26-27H2,1-2H3,(H,48,59)(H,49,58,60)/t29-,33-,38?. The molecular weight excluding hydrogens is 789 g/mol. The van der Waals surface area contributed by atoms with E-state index < -0.39 is 11.9 Å². The van der Waals surface area contributed by atoms with Crippen LogP contribution in [0.5, 0.6) is 0 Å². The lowest BCUT2D eigenvalue weighted by Gasteiger charge is -2.39. The Kier molecular flexibility index (Phi) is 10.9. The number of piperidine rings is 2. The third-order valence-corrected chi connectivity index (χ3v) is 13.8. The maximum Gasteiger partial charge on any atom is 0.329 e. The van der Waals surface area contributed by atoms with Gasteiger partial charge in [0.15, 0.2) is 5.65 Å². The summed E-state index contributed by atoms with van der Waals surface area (Å²) in [6, 6.07) is 12.1. The summed E-state index contributed by atoms with van der Waals surface area (Å²) >= 11 is 0. The molecule has 3 aliphatic heterocycles. The second kappa shape index (κ2) is 16.8. The Labute approximate surface area is 358 Å². The Hall–Kier alpha value is -5.91. The topological polar surface area (TPSA) is 169 Å². The van der Waals surface area contributed by atoms with Crippen LogP contribution in [0.15, 0.2) is 66.0 Å². The Morgan fingerprint density at radius 2 is 1.79 bits per heavy atom. The average molecular weight is 843 g/mol. The van der Waals surface area contributed by atoms with E-state index in [4.69, 9.17) is 9.84 Å². The van der Waals surface area contributed by atoms with Gasteiger partial charge in [0.25, 0.3) is 5.91 Å². The van der Waals surface area contributed by atoms with Crippen molar-refractivity contribution in [3.8, 4) is 0 Å². The minimum Gasteiger partial charge on any atom is -0.378 e. The number of hydrogen-bond donors (Lipinski definition) is 2. The van der Waals surface area contributed by atoms with Crippen molar-refractivity contribution in [2.24, 2.45) is 13.0 Å². The number of amides is 3. The predicted octanol–water partition coefficient (Wildman–Crippen LogP) is 4.13. The van der Waals surface area contributed by atoms with Crippen LogP contribution in [0.25, 0.3) is 27.6 Å². The molecule has 2 N–H and O–H groups in total. The zero-order chi connectivity index (χ0) is 42.5. The van der Waals surface area contributed by atoms with Crippen molar-refractivity contribution in [1.29, 1.82) is 0 Å². The molecule has 7 heterocycles. The molecule has 1 atom stereocenters. The van der Waals surface area contributed by atoms with Crippen molar-refractivity contribution < 1.29 is 19.1 Å². The highest BCUT2D eigenvalue weighted by Gasteiger charge is 2.33. The van der Waals surface area contributed by atoms with E-state index in [9.17, 15) is 19.2 Å². The molecule has 0 radical (unpaired) electrons. The van der Waals surface area contributed by atoms with Gasteiger partial charge in [0.2, 0.25) is 11.8 Å². The Morgan fingerprint density at radius 3 is 2.58 bits per heavy atom. The number of nitrogens with one attached hydrogen (secondary N) is 2. The third-order valence-electron chi connectivity index (χ3n) is 13.8. The molecule has 17 heteroatoms. The van der Waals surface area contributed by atoms with E-state index in [1.54, 1.807) is 45.4 Å². The minimum absolute atomic E-state index is 0.223. The number of benzene rings is 2. The maximum atomic E-state index is 13.6. The molecule has 3 saturated heterocycles. The maximum absolute atomic E-state index is 13.6. The number of imidazole rings is 1. The quantitative estimate of drug-likeness (QED) is 0.190. The number of morpholine rings is 1. The van der Waals surface area contributed by atoms with E-state index in [1.807, 2.05) is 12.1 Å². The highest BCUT2D eigenvalue weighted by atomic mass is 16.5. The summed E-state index contributed by atoms with van der Waals surface area (Å²) in [6.07, 6.45) is 14.3. The van der Waals surface area contributed by atoms with Gasteiger partial charge in [-0.2, -0.15) is 10.2 Å². The summed E-state index contributed by atoms with van der Waals surface area (Å²) in [6.45, 7) is 6.49. The SMILES string of the molecule is CN(C[C@H]1CC[C@H](n2cc3cc(NC(=O)c4cnn5cccnc45)c(N4CCOCC4)cc3n2)CC1)C1CCN(Cc2cccc3c2n(C)c(=O)n3C2CCC(=O)NC2=O)CC1. The molecule has 324 valence electrons. The fraction of sp³-hybridized carbons (Fsp3) is 0.489. The van der Waals surface area contributed by atoms with Gasteiger partial charge in [-0.25, -0.2) is 14.3 Å². The van der Waals surface area contributed by atoms with Gasteiger partial charge in [0, 0.05) is 69.7 Å². The summed E-state index contributed by atoms with van der Waals surface area (Å²) in [5, 5.41) is 16.0. The van der Waals surface area contributed by atoms with Crippen molar-refractivity contribution in [2.45, 2.75) is 76.0 Å². The Bertz CT molecular complexity index is 2710. The van der Waals surface area contributed by atoms with Crippen LogP contribution in [-0.2, 0) is 27.9 Å². The molecule has 3 amide bonds. The van der Waals surface area contributed by atoms with E-state index in [1.165, 1.54) is 0 Å². The number of para-hydroxylation sites is 1. The lowest BCUT2D eigenvalue weighted by atomic mass is 9.85. The first-order valence-electron chi connectivity index (χ1n) is 22.1. The van der Waals surface area contributed by atoms with Crippen molar-refractivity contribution in [3.05, 3.63) is 82.8 Å². The van der Waals surface area contributed by atoms with Crippen LogP contribution < -0.4 is 21.2 Å². The summed E-state index contributed by atoms with van der Waals surface area (Å²) in [7, 11) is 4.06. The number of likely N-dealkylation sites (tertiary alicyclic amines) is 1. The molecule has 1 aliphatic carbocycles. The van der Waals surface area contributed by atoms with Crippen LogP contribution in [0.2, 0.25) is 0 Å². The number of carbonyl (C=O) groups is 3. The van der Waals surface area contributed by atoms with E-state index in [2.05, 4.69) is 71.5 Å². The summed E-state index contributed by atoms with van der Waals surface area (Å²) in [5.41, 5.74) is 5.96. The number of carbonyl (C=O) groups excluding carboxylic acids is 3. The number of imide groups is 1. The molecular formula is C45H54N12O5. The number of ether oxygens (including phenoxy) is 1. The van der Waals surface area contributed by atoms with Gasteiger partial charge < -0.3 is 19.9 Å². The molecule has 4 aromatic heterocycles. The Balaban J connectivity index is 0.754. The summed E-state index contributed by atoms with van der Waals surface area (Å²) < 4.78 is 12.6. The number of rotatable bonds is 10. The monoisotopic (exact) mass is 842 g/mol. The smallest absolute Gasteiger partial charge is 0.329 e. The molecule has 1 saturated carbocycles. The second-order valence-corrected chi connectivity index (χ2v) is 17.6. The minimum atomic E-state index is -0.689. The number of fused-ring (bicyclic) bond motifs is 3. The summed E-state index contributed by atoms with van der Waals surface area (Å²) in [5.74, 6) is -0.322. The molecule has 1 unspecified atom stereocenters. The molecule has 4 fully saturated rings. The molecule has 0 bridgehead atoms. The molecule has 6 aromatic rings. The first kappa shape index (κ1) is 40.2. The largest absolute Gasteiger partial charge is 0.378 e. The van der Waals surface area contributed by atoms with Gasteiger partial charge in [0.05, 0.1) is 53.4 Å². The number of hydrogen-bond acceptors (Lipinski definition) is 11. The van der Waals surface area contributed by atoms with Crippen molar-refractivity contribution >= 4 is 56.7 Å². The highest BCUT2D eigenvalue weighted by molar-refractivity contribution is 6.10. The second-order valence-electron chi connectivity index (χ2n) is 17.6. The van der Waals surface area contributed by atoms with Crippen molar-refractivity contribution in [2.75, 3.05) is 63.2 Å². The van der Waals surface area contributed by atoms with Gasteiger partial charge in [0.1, 0.15) is 11.6 Å². The first-order valence-corrected chi connectivity index (χ1v) is 22.1. The van der Waals surface area contributed by atoms with Crippen molar-refractivity contribution in [3.63, 3.8) is 0 Å². The third kappa shape index (κ3) is 7.66. The molecule has 17 nitrogen and oxygen atoms in total. The number of aryl methyl sites for hydroxylation is 1. The number of anilines is 2. The van der Waals surface area contributed by atoms with E-state index in [-0.39, 0.29) is 23.9 Å². The molecule has 2 aromatic carbocycles. The summed E-state index contributed by atoms with van der Waals surface area (Å²) in [4.78, 5) is 63.3. The predicted molar refractivity (Wildman–Crippen MR) is 234 cm³/mol. The molecule has 62 heavy (non-hydrogen) atoms.